The van der Waals surface area contributed by atoms with Crippen LogP contribution in [-0.2, 0) is 4.74 Å². The fraction of sp³-hybridized carbons (Fsp3) is 0.929. The number of carbonyl (C=O) groups is 1. The van der Waals surface area contributed by atoms with Gasteiger partial charge in [0.05, 0.1) is 0 Å². The molecule has 2 aliphatic rings. The van der Waals surface area contributed by atoms with Gasteiger partial charge in [-0.3, -0.25) is 0 Å². The van der Waals surface area contributed by atoms with E-state index >= 15 is 0 Å². The van der Waals surface area contributed by atoms with Crippen LogP contribution in [0.2, 0.25) is 0 Å². The van der Waals surface area contributed by atoms with E-state index in [0.717, 1.165) is 19.4 Å². The molecule has 18 heavy (non-hydrogen) atoms. The van der Waals surface area contributed by atoms with Crippen LogP contribution in [0.5, 0.6) is 0 Å². The van der Waals surface area contributed by atoms with Crippen molar-refractivity contribution < 1.29 is 9.53 Å². The van der Waals surface area contributed by atoms with Gasteiger partial charge >= 0.3 is 6.09 Å². The molecule has 0 aromatic rings. The van der Waals surface area contributed by atoms with Gasteiger partial charge in [0, 0.05) is 12.6 Å². The molecular formula is C14H26N2O2. The van der Waals surface area contributed by atoms with Gasteiger partial charge in [0.25, 0.3) is 0 Å². The Kier molecular flexibility index (Phi) is 5.29. The quantitative estimate of drug-likeness (QED) is 0.838. The van der Waals surface area contributed by atoms with Crippen molar-refractivity contribution in [1.29, 1.82) is 0 Å². The van der Waals surface area contributed by atoms with Crippen LogP contribution >= 0.6 is 0 Å². The maximum absolute atomic E-state index is 11.7. The third-order valence-corrected chi connectivity index (χ3v) is 3.92. The van der Waals surface area contributed by atoms with Gasteiger partial charge in [-0.15, -0.1) is 0 Å². The number of ether oxygens (including phenoxy) is 1. The lowest BCUT2D eigenvalue weighted by molar-refractivity contribution is 0.0956. The zero-order valence-corrected chi connectivity index (χ0v) is 11.5. The number of nitrogens with one attached hydrogen (secondary N) is 1. The first kappa shape index (κ1) is 13.7. The van der Waals surface area contributed by atoms with Crippen molar-refractivity contribution in [2.75, 3.05) is 19.6 Å². The van der Waals surface area contributed by atoms with Crippen LogP contribution in [0.25, 0.3) is 0 Å². The molecule has 1 N–H and O–H groups in total. The Balaban J connectivity index is 1.62. The Morgan fingerprint density at radius 1 is 1.22 bits per heavy atom. The van der Waals surface area contributed by atoms with Gasteiger partial charge in [0.2, 0.25) is 0 Å². The highest BCUT2D eigenvalue weighted by Gasteiger charge is 2.21. The minimum Gasteiger partial charge on any atom is -0.446 e. The largest absolute Gasteiger partial charge is 0.446 e. The lowest BCUT2D eigenvalue weighted by atomic mass is 10.1. The second-order valence-corrected chi connectivity index (χ2v) is 5.72. The Morgan fingerprint density at radius 2 is 1.89 bits per heavy atom. The van der Waals surface area contributed by atoms with E-state index in [1.54, 1.807) is 0 Å². The molecule has 1 aliphatic heterocycles. The minimum absolute atomic E-state index is 0.159. The summed E-state index contributed by atoms with van der Waals surface area (Å²) in [6, 6.07) is 0.178. The van der Waals surface area contributed by atoms with Crippen LogP contribution in [0.4, 0.5) is 4.79 Å². The van der Waals surface area contributed by atoms with E-state index in [4.69, 9.17) is 4.74 Å². The van der Waals surface area contributed by atoms with Crippen molar-refractivity contribution in [2.45, 2.75) is 64.0 Å². The first-order chi connectivity index (χ1) is 8.74. The van der Waals surface area contributed by atoms with Crippen molar-refractivity contribution in [3.8, 4) is 0 Å². The topological polar surface area (TPSA) is 41.6 Å². The molecule has 4 heteroatoms. The molecule has 1 aliphatic carbocycles. The summed E-state index contributed by atoms with van der Waals surface area (Å²) in [5, 5.41) is 2.95. The summed E-state index contributed by atoms with van der Waals surface area (Å²) >= 11 is 0. The molecule has 2 rings (SSSR count). The van der Waals surface area contributed by atoms with Gasteiger partial charge in [-0.25, -0.2) is 4.79 Å². The van der Waals surface area contributed by atoms with E-state index in [-0.39, 0.29) is 18.2 Å². The van der Waals surface area contributed by atoms with E-state index < -0.39 is 0 Å². The molecule has 1 saturated heterocycles. The average Bonchev–Trinajstić information content (AvgIpc) is 2.82. The maximum atomic E-state index is 11.7. The Morgan fingerprint density at radius 3 is 2.56 bits per heavy atom. The van der Waals surface area contributed by atoms with Crippen LogP contribution in [0.15, 0.2) is 0 Å². The molecule has 1 atom stereocenters. The maximum Gasteiger partial charge on any atom is 0.407 e. The third-order valence-electron chi connectivity index (χ3n) is 3.92. The Bertz CT molecular complexity index is 259. The lowest BCUT2D eigenvalue weighted by Crippen LogP contribution is -2.44. The van der Waals surface area contributed by atoms with E-state index in [9.17, 15) is 4.79 Å². The van der Waals surface area contributed by atoms with Gasteiger partial charge in [0.1, 0.15) is 6.10 Å². The average molecular weight is 254 g/mol. The number of nitrogens with zero attached hydrogens (tertiary/aromatic N) is 1. The van der Waals surface area contributed by atoms with Gasteiger partial charge in [0.15, 0.2) is 0 Å². The number of piperidine rings is 1. The smallest absolute Gasteiger partial charge is 0.407 e. The molecule has 0 bridgehead atoms. The van der Waals surface area contributed by atoms with Gasteiger partial charge in [-0.05, 0) is 58.5 Å². The monoisotopic (exact) mass is 254 g/mol. The first-order valence-electron chi connectivity index (χ1n) is 7.43. The number of carbonyl (C=O) groups excluding carboxylic acids is 1. The molecule has 1 saturated carbocycles. The zero-order valence-electron chi connectivity index (χ0n) is 11.5. The summed E-state index contributed by atoms with van der Waals surface area (Å²) in [6.07, 6.45) is 8.32. The molecule has 0 radical (unpaired) electrons. The summed E-state index contributed by atoms with van der Waals surface area (Å²) in [5.41, 5.74) is 0. The molecule has 1 amide bonds. The minimum atomic E-state index is -0.230. The molecule has 104 valence electrons. The van der Waals surface area contributed by atoms with Gasteiger partial charge in [-0.2, -0.15) is 0 Å². The molecule has 0 aromatic heterocycles. The number of amides is 1. The number of hydrogen-bond donors (Lipinski definition) is 1. The highest BCUT2D eigenvalue weighted by molar-refractivity contribution is 5.67. The molecule has 4 nitrogen and oxygen atoms in total. The SMILES string of the molecule is CC(CN1CCCCC1)NC(=O)OC1CCCC1. The lowest BCUT2D eigenvalue weighted by Gasteiger charge is -2.29. The van der Waals surface area contributed by atoms with Crippen molar-refractivity contribution >= 4 is 6.09 Å². The molecule has 0 aromatic carbocycles. The van der Waals surface area contributed by atoms with E-state index in [1.165, 1.54) is 45.2 Å². The predicted octanol–water partition coefficient (Wildman–Crippen LogP) is 2.53. The van der Waals surface area contributed by atoms with E-state index in [0.29, 0.717) is 0 Å². The fourth-order valence-corrected chi connectivity index (χ4v) is 2.97. The summed E-state index contributed by atoms with van der Waals surface area (Å²) in [6.45, 7) is 5.34. The fourth-order valence-electron chi connectivity index (χ4n) is 2.97. The Labute approximate surface area is 110 Å². The third kappa shape index (κ3) is 4.48. The normalized spacial score (nSPS) is 23.8. The van der Waals surface area contributed by atoms with Crippen molar-refractivity contribution in [3.05, 3.63) is 0 Å². The summed E-state index contributed by atoms with van der Waals surface area (Å²) in [4.78, 5) is 14.1. The Hall–Kier alpha value is -0.770. The van der Waals surface area contributed by atoms with Crippen molar-refractivity contribution in [2.24, 2.45) is 0 Å². The van der Waals surface area contributed by atoms with E-state index in [2.05, 4.69) is 17.1 Å². The highest BCUT2D eigenvalue weighted by atomic mass is 16.6. The summed E-state index contributed by atoms with van der Waals surface area (Å²) in [5.74, 6) is 0. The number of rotatable bonds is 4. The van der Waals surface area contributed by atoms with Gasteiger partial charge in [-0.1, -0.05) is 6.42 Å². The van der Waals surface area contributed by atoms with Crippen LogP contribution < -0.4 is 5.32 Å². The van der Waals surface area contributed by atoms with Crippen molar-refractivity contribution in [3.63, 3.8) is 0 Å². The summed E-state index contributed by atoms with van der Waals surface area (Å²) < 4.78 is 5.40. The predicted molar refractivity (Wildman–Crippen MR) is 71.6 cm³/mol. The van der Waals surface area contributed by atoms with Crippen molar-refractivity contribution in [1.82, 2.24) is 10.2 Å². The highest BCUT2D eigenvalue weighted by Crippen LogP contribution is 2.20. The van der Waals surface area contributed by atoms with Crippen LogP contribution in [-0.4, -0.2) is 42.8 Å². The number of likely N-dealkylation sites (tertiary alicyclic amines) is 1. The molecule has 2 fully saturated rings. The van der Waals surface area contributed by atoms with E-state index in [1.807, 2.05) is 0 Å². The van der Waals surface area contributed by atoms with Gasteiger partial charge < -0.3 is 15.0 Å². The molecule has 1 heterocycles. The van der Waals surface area contributed by atoms with Crippen LogP contribution in [0, 0.1) is 0 Å². The molecule has 0 spiro atoms. The first-order valence-corrected chi connectivity index (χ1v) is 7.43. The number of alkyl carbamates (subject to hydrolysis) is 1. The zero-order chi connectivity index (χ0) is 12.8. The molecular weight excluding hydrogens is 228 g/mol. The summed E-state index contributed by atoms with van der Waals surface area (Å²) in [7, 11) is 0. The van der Waals surface area contributed by atoms with Crippen LogP contribution in [0.1, 0.15) is 51.9 Å². The number of hydrogen-bond acceptors (Lipinski definition) is 3. The second kappa shape index (κ2) is 6.98. The second-order valence-electron chi connectivity index (χ2n) is 5.72. The standard InChI is InChI=1S/C14H26N2O2/c1-12(11-16-9-5-2-6-10-16)15-14(17)18-13-7-3-4-8-13/h12-13H,2-11H2,1H3,(H,15,17). The van der Waals surface area contributed by atoms with Crippen LogP contribution in [0.3, 0.4) is 0 Å². The molecule has 1 unspecified atom stereocenters.